The molecule has 0 aromatic heterocycles. The minimum Gasteiger partial charge on any atom is -0.392 e. The van der Waals surface area contributed by atoms with E-state index in [4.69, 9.17) is 4.74 Å². The van der Waals surface area contributed by atoms with Crippen LogP contribution in [0.2, 0.25) is 0 Å². The molecule has 0 aromatic rings. The van der Waals surface area contributed by atoms with E-state index in [0.29, 0.717) is 17.8 Å². The standard InChI is InChI=1S/C21H34O2/c1-13(2)16-8-9-21(4)11-18-15(12-23-5)6-7-17(18)14(3)20(22)10-19(16)21/h13-14,17,20,22H,6-12H2,1-5H3. The highest BCUT2D eigenvalue weighted by atomic mass is 16.5. The highest BCUT2D eigenvalue weighted by Gasteiger charge is 2.45. The maximum atomic E-state index is 10.9. The fraction of sp³-hybridized carbons (Fsp3) is 0.810. The molecule has 3 rings (SSSR count). The first-order valence-corrected chi connectivity index (χ1v) is 9.47. The van der Waals surface area contributed by atoms with Gasteiger partial charge >= 0.3 is 0 Å². The third-order valence-electron chi connectivity index (χ3n) is 6.97. The van der Waals surface area contributed by atoms with Gasteiger partial charge in [0.1, 0.15) is 0 Å². The average molecular weight is 319 g/mol. The van der Waals surface area contributed by atoms with E-state index in [2.05, 4.69) is 27.7 Å². The molecule has 0 spiro atoms. The van der Waals surface area contributed by atoms with Crippen LogP contribution in [-0.4, -0.2) is 24.9 Å². The van der Waals surface area contributed by atoms with E-state index < -0.39 is 0 Å². The van der Waals surface area contributed by atoms with Gasteiger partial charge in [0.2, 0.25) is 0 Å². The molecular weight excluding hydrogens is 284 g/mol. The van der Waals surface area contributed by atoms with Crippen molar-refractivity contribution in [3.05, 3.63) is 22.3 Å². The van der Waals surface area contributed by atoms with Gasteiger partial charge in [0.15, 0.2) is 0 Å². The Balaban J connectivity index is 2.04. The number of aliphatic hydroxyl groups excluding tert-OH is 1. The molecule has 2 heteroatoms. The molecule has 4 atom stereocenters. The molecule has 0 aromatic carbocycles. The molecule has 130 valence electrons. The molecule has 1 fully saturated rings. The number of hydrogen-bond donors (Lipinski definition) is 1. The number of aliphatic hydroxyl groups is 1. The minimum absolute atomic E-state index is 0.196. The third kappa shape index (κ3) is 2.93. The maximum absolute atomic E-state index is 10.9. The highest BCUT2D eigenvalue weighted by Crippen LogP contribution is 2.56. The quantitative estimate of drug-likeness (QED) is 0.751. The lowest BCUT2D eigenvalue weighted by Gasteiger charge is -2.39. The predicted molar refractivity (Wildman–Crippen MR) is 95.2 cm³/mol. The molecule has 1 N–H and O–H groups in total. The Morgan fingerprint density at radius 3 is 2.70 bits per heavy atom. The van der Waals surface area contributed by atoms with Gasteiger partial charge in [-0.25, -0.2) is 0 Å². The van der Waals surface area contributed by atoms with Crippen molar-refractivity contribution in [3.63, 3.8) is 0 Å². The van der Waals surface area contributed by atoms with Crippen molar-refractivity contribution < 1.29 is 9.84 Å². The van der Waals surface area contributed by atoms with E-state index >= 15 is 0 Å². The van der Waals surface area contributed by atoms with Crippen LogP contribution in [-0.2, 0) is 4.74 Å². The van der Waals surface area contributed by atoms with Crippen molar-refractivity contribution >= 4 is 0 Å². The van der Waals surface area contributed by atoms with E-state index in [0.717, 1.165) is 19.4 Å². The number of hydrogen-bond acceptors (Lipinski definition) is 2. The van der Waals surface area contributed by atoms with Crippen LogP contribution in [0, 0.1) is 23.2 Å². The normalized spacial score (nSPS) is 38.0. The smallest absolute Gasteiger partial charge is 0.0675 e. The maximum Gasteiger partial charge on any atom is 0.0675 e. The van der Waals surface area contributed by atoms with Crippen LogP contribution in [0.15, 0.2) is 22.3 Å². The molecule has 0 bridgehead atoms. The summed E-state index contributed by atoms with van der Waals surface area (Å²) in [5, 5.41) is 10.9. The lowest BCUT2D eigenvalue weighted by molar-refractivity contribution is 0.0774. The van der Waals surface area contributed by atoms with E-state index in [1.807, 2.05) is 7.11 Å². The van der Waals surface area contributed by atoms with Crippen molar-refractivity contribution in [3.8, 4) is 0 Å². The fourth-order valence-corrected chi connectivity index (χ4v) is 5.50. The number of allylic oxidation sites excluding steroid dienone is 2. The van der Waals surface area contributed by atoms with Gasteiger partial charge in [-0.15, -0.1) is 0 Å². The third-order valence-corrected chi connectivity index (χ3v) is 6.97. The van der Waals surface area contributed by atoms with Crippen LogP contribution < -0.4 is 0 Å². The second-order valence-corrected chi connectivity index (χ2v) is 8.73. The Morgan fingerprint density at radius 1 is 1.30 bits per heavy atom. The van der Waals surface area contributed by atoms with Gasteiger partial charge in [-0.1, -0.05) is 44.4 Å². The van der Waals surface area contributed by atoms with Crippen molar-refractivity contribution in [1.82, 2.24) is 0 Å². The molecule has 0 amide bonds. The molecule has 0 radical (unpaired) electrons. The molecule has 1 saturated carbocycles. The Bertz CT molecular complexity index is 528. The van der Waals surface area contributed by atoms with Crippen LogP contribution in [0.4, 0.5) is 0 Å². The van der Waals surface area contributed by atoms with Gasteiger partial charge in [0.05, 0.1) is 12.7 Å². The van der Waals surface area contributed by atoms with Crippen molar-refractivity contribution in [2.24, 2.45) is 23.2 Å². The summed E-state index contributed by atoms with van der Waals surface area (Å²) in [4.78, 5) is 0. The molecule has 3 aliphatic rings. The zero-order chi connectivity index (χ0) is 16.8. The number of fused-ring (bicyclic) bond motifs is 2. The second-order valence-electron chi connectivity index (χ2n) is 8.73. The molecule has 3 aliphatic carbocycles. The predicted octanol–water partition coefficient (Wildman–Crippen LogP) is 4.88. The van der Waals surface area contributed by atoms with E-state index in [9.17, 15) is 5.11 Å². The molecule has 23 heavy (non-hydrogen) atoms. The highest BCUT2D eigenvalue weighted by molar-refractivity contribution is 5.36. The van der Waals surface area contributed by atoms with Crippen LogP contribution in [0.1, 0.15) is 66.2 Å². The van der Waals surface area contributed by atoms with Crippen molar-refractivity contribution in [1.29, 1.82) is 0 Å². The Labute approximate surface area is 142 Å². The molecular formula is C21H34O2. The Morgan fingerprint density at radius 2 is 2.04 bits per heavy atom. The van der Waals surface area contributed by atoms with Gasteiger partial charge in [-0.3, -0.25) is 0 Å². The van der Waals surface area contributed by atoms with Crippen LogP contribution in [0.5, 0.6) is 0 Å². The minimum atomic E-state index is -0.196. The van der Waals surface area contributed by atoms with Crippen molar-refractivity contribution in [2.75, 3.05) is 13.7 Å². The molecule has 0 heterocycles. The lowest BCUT2D eigenvalue weighted by Crippen LogP contribution is -2.33. The first-order chi connectivity index (χ1) is 10.9. The molecule has 2 nitrogen and oxygen atoms in total. The number of methoxy groups -OCH3 is 1. The first-order valence-electron chi connectivity index (χ1n) is 9.47. The van der Waals surface area contributed by atoms with Crippen LogP contribution >= 0.6 is 0 Å². The first kappa shape index (κ1) is 17.2. The van der Waals surface area contributed by atoms with Gasteiger partial charge in [-0.2, -0.15) is 0 Å². The summed E-state index contributed by atoms with van der Waals surface area (Å²) in [5.41, 5.74) is 6.63. The lowest BCUT2D eigenvalue weighted by atomic mass is 9.67. The summed E-state index contributed by atoms with van der Waals surface area (Å²) >= 11 is 0. The molecule has 4 unspecified atom stereocenters. The summed E-state index contributed by atoms with van der Waals surface area (Å²) in [7, 11) is 1.81. The van der Waals surface area contributed by atoms with Crippen LogP contribution in [0.3, 0.4) is 0 Å². The summed E-state index contributed by atoms with van der Waals surface area (Å²) in [6.07, 6.45) is 6.75. The summed E-state index contributed by atoms with van der Waals surface area (Å²) in [6, 6.07) is 0. The Kier molecular flexibility index (Phi) is 4.77. The average Bonchev–Trinajstić information content (AvgIpc) is 3.01. The zero-order valence-electron chi connectivity index (χ0n) is 15.6. The monoisotopic (exact) mass is 318 g/mol. The van der Waals surface area contributed by atoms with Gasteiger partial charge in [-0.05, 0) is 67.3 Å². The van der Waals surface area contributed by atoms with Crippen LogP contribution in [0.25, 0.3) is 0 Å². The van der Waals surface area contributed by atoms with E-state index in [-0.39, 0.29) is 11.5 Å². The van der Waals surface area contributed by atoms with Gasteiger partial charge in [0, 0.05) is 7.11 Å². The molecule has 0 aliphatic heterocycles. The zero-order valence-corrected chi connectivity index (χ0v) is 15.6. The summed E-state index contributed by atoms with van der Waals surface area (Å²) in [5.74, 6) is 1.54. The number of rotatable bonds is 3. The van der Waals surface area contributed by atoms with E-state index in [1.165, 1.54) is 31.3 Å². The molecule has 0 saturated heterocycles. The topological polar surface area (TPSA) is 29.5 Å². The van der Waals surface area contributed by atoms with E-state index in [1.54, 1.807) is 16.7 Å². The van der Waals surface area contributed by atoms with Gasteiger partial charge in [0.25, 0.3) is 0 Å². The van der Waals surface area contributed by atoms with Gasteiger partial charge < -0.3 is 9.84 Å². The fourth-order valence-electron chi connectivity index (χ4n) is 5.50. The SMILES string of the molecule is COCC1=C2CC3(C)CCC(C(C)C)=C3CC(O)C(C)C2CC1. The van der Waals surface area contributed by atoms with Crippen molar-refractivity contribution in [2.45, 2.75) is 72.3 Å². The summed E-state index contributed by atoms with van der Waals surface area (Å²) in [6.45, 7) is 10.1. The largest absolute Gasteiger partial charge is 0.392 e. The second kappa shape index (κ2) is 6.37. The Hall–Kier alpha value is -0.600. The number of ether oxygens (including phenoxy) is 1. The summed E-state index contributed by atoms with van der Waals surface area (Å²) < 4.78 is 5.48.